The minimum Gasteiger partial charge on any atom is -0.376 e. The molecule has 0 amide bonds. The van der Waals surface area contributed by atoms with Gasteiger partial charge in [-0.05, 0) is 18.4 Å². The van der Waals surface area contributed by atoms with Crippen LogP contribution in [0.4, 0.5) is 0 Å². The van der Waals surface area contributed by atoms with Gasteiger partial charge >= 0.3 is 8.80 Å². The minimum atomic E-state index is -2.63. The molecule has 1 atom stereocenters. The SMILES string of the molecule is CCCCCCCCCCCCCCC(C1=CCC=C1)[Si](OC)(OC)OC. The van der Waals surface area contributed by atoms with E-state index in [-0.39, 0.29) is 5.54 Å². The number of allylic oxidation sites excluding steroid dienone is 4. The molecule has 0 N–H and O–H groups in total. The minimum absolute atomic E-state index is 0.263. The van der Waals surface area contributed by atoms with Gasteiger partial charge in [-0.2, -0.15) is 0 Å². The van der Waals surface area contributed by atoms with Gasteiger partial charge in [0, 0.05) is 21.3 Å². The monoisotopic (exact) mass is 396 g/mol. The first-order valence-electron chi connectivity index (χ1n) is 11.3. The Morgan fingerprint density at radius 3 is 1.67 bits per heavy atom. The average Bonchev–Trinajstić information content (AvgIpc) is 3.23. The molecule has 0 heterocycles. The Kier molecular flexibility index (Phi) is 14.1. The summed E-state index contributed by atoms with van der Waals surface area (Å²) >= 11 is 0. The molecule has 0 fully saturated rings. The zero-order valence-electron chi connectivity index (χ0n) is 18.4. The Morgan fingerprint density at radius 2 is 1.26 bits per heavy atom. The van der Waals surface area contributed by atoms with E-state index in [0.29, 0.717) is 0 Å². The smallest absolute Gasteiger partial charge is 0.376 e. The van der Waals surface area contributed by atoms with Crippen molar-refractivity contribution in [3.63, 3.8) is 0 Å². The van der Waals surface area contributed by atoms with Gasteiger partial charge in [0.15, 0.2) is 0 Å². The number of hydrogen-bond acceptors (Lipinski definition) is 3. The van der Waals surface area contributed by atoms with Gasteiger partial charge in [0.2, 0.25) is 0 Å². The topological polar surface area (TPSA) is 27.7 Å². The maximum atomic E-state index is 5.79. The summed E-state index contributed by atoms with van der Waals surface area (Å²) in [5.41, 5.74) is 1.61. The van der Waals surface area contributed by atoms with Crippen LogP contribution in [0.1, 0.15) is 96.8 Å². The van der Waals surface area contributed by atoms with E-state index in [2.05, 4.69) is 25.2 Å². The highest BCUT2D eigenvalue weighted by Crippen LogP contribution is 2.38. The van der Waals surface area contributed by atoms with E-state index in [1.807, 2.05) is 0 Å². The first-order valence-corrected chi connectivity index (χ1v) is 13.1. The predicted octanol–water partition coefficient (Wildman–Crippen LogP) is 7.21. The van der Waals surface area contributed by atoms with Gasteiger partial charge in [0.05, 0.1) is 5.54 Å². The van der Waals surface area contributed by atoms with Crippen molar-refractivity contribution in [2.24, 2.45) is 0 Å². The largest absolute Gasteiger partial charge is 0.508 e. The van der Waals surface area contributed by atoms with Crippen molar-refractivity contribution in [2.45, 2.75) is 102 Å². The lowest BCUT2D eigenvalue weighted by atomic mass is 10.0. The standard InChI is InChI=1S/C23H44O3Si/c1-5-6-7-8-9-10-11-12-13-14-15-16-21-23(22-19-17-18-20-22)27(24-2,25-3)26-4/h17,19-20,23H,5-16,18,21H2,1-4H3. The van der Waals surface area contributed by atoms with E-state index in [1.165, 1.54) is 82.6 Å². The molecule has 3 nitrogen and oxygen atoms in total. The molecule has 27 heavy (non-hydrogen) atoms. The summed E-state index contributed by atoms with van der Waals surface area (Å²) in [5, 5.41) is 0. The van der Waals surface area contributed by atoms with E-state index in [9.17, 15) is 0 Å². The summed E-state index contributed by atoms with van der Waals surface area (Å²) in [6.45, 7) is 2.28. The highest BCUT2D eigenvalue weighted by molar-refractivity contribution is 6.63. The van der Waals surface area contributed by atoms with E-state index in [1.54, 1.807) is 21.3 Å². The van der Waals surface area contributed by atoms with Crippen LogP contribution in [0.15, 0.2) is 23.8 Å². The Balaban J connectivity index is 2.20. The van der Waals surface area contributed by atoms with Crippen LogP contribution < -0.4 is 0 Å². The molecule has 0 aromatic heterocycles. The number of rotatable bonds is 18. The summed E-state index contributed by atoms with van der Waals surface area (Å²) in [4.78, 5) is 0. The van der Waals surface area contributed by atoms with Crippen molar-refractivity contribution in [2.75, 3.05) is 21.3 Å². The highest BCUT2D eigenvalue weighted by Gasteiger charge is 2.48. The predicted molar refractivity (Wildman–Crippen MR) is 118 cm³/mol. The van der Waals surface area contributed by atoms with Gasteiger partial charge in [-0.15, -0.1) is 0 Å². The molecule has 158 valence electrons. The third-order valence-electron chi connectivity index (χ3n) is 5.83. The molecule has 0 spiro atoms. The van der Waals surface area contributed by atoms with Crippen LogP contribution >= 0.6 is 0 Å². The Hall–Kier alpha value is -0.423. The molecule has 0 aromatic rings. The Bertz CT molecular complexity index is 408. The fourth-order valence-corrected chi connectivity index (χ4v) is 6.68. The summed E-state index contributed by atoms with van der Waals surface area (Å²) in [7, 11) is 2.56. The van der Waals surface area contributed by atoms with E-state index >= 15 is 0 Å². The second-order valence-corrected chi connectivity index (χ2v) is 10.9. The molecule has 0 radical (unpaired) electrons. The van der Waals surface area contributed by atoms with Gasteiger partial charge in [0.1, 0.15) is 0 Å². The van der Waals surface area contributed by atoms with Crippen molar-refractivity contribution in [3.8, 4) is 0 Å². The molecule has 1 rings (SSSR count). The van der Waals surface area contributed by atoms with Crippen LogP contribution in [0.5, 0.6) is 0 Å². The normalized spacial score (nSPS) is 15.3. The van der Waals surface area contributed by atoms with Crippen LogP contribution in [-0.2, 0) is 13.3 Å². The van der Waals surface area contributed by atoms with E-state index in [0.717, 1.165) is 12.8 Å². The van der Waals surface area contributed by atoms with Gasteiger partial charge in [-0.1, -0.05) is 102 Å². The van der Waals surface area contributed by atoms with Gasteiger partial charge < -0.3 is 13.3 Å². The van der Waals surface area contributed by atoms with E-state index in [4.69, 9.17) is 13.3 Å². The highest BCUT2D eigenvalue weighted by atomic mass is 28.4. The second kappa shape index (κ2) is 15.5. The molecule has 1 unspecified atom stereocenters. The van der Waals surface area contributed by atoms with Crippen molar-refractivity contribution >= 4 is 8.80 Å². The lowest BCUT2D eigenvalue weighted by Crippen LogP contribution is -2.48. The van der Waals surface area contributed by atoms with Gasteiger partial charge in [-0.25, -0.2) is 0 Å². The molecule has 1 aliphatic rings. The summed E-state index contributed by atoms with van der Waals surface area (Å²) in [6, 6.07) is 0. The summed E-state index contributed by atoms with van der Waals surface area (Å²) in [5.74, 6) is 0. The van der Waals surface area contributed by atoms with E-state index < -0.39 is 8.80 Å². The zero-order valence-corrected chi connectivity index (χ0v) is 19.4. The van der Waals surface area contributed by atoms with Crippen molar-refractivity contribution in [1.82, 2.24) is 0 Å². The fourth-order valence-electron chi connectivity index (χ4n) is 4.15. The molecule has 0 saturated carbocycles. The molecular weight excluding hydrogens is 352 g/mol. The maximum absolute atomic E-state index is 5.79. The average molecular weight is 397 g/mol. The van der Waals surface area contributed by atoms with Gasteiger partial charge in [-0.3, -0.25) is 0 Å². The summed E-state index contributed by atoms with van der Waals surface area (Å²) < 4.78 is 17.4. The van der Waals surface area contributed by atoms with Crippen molar-refractivity contribution < 1.29 is 13.3 Å². The van der Waals surface area contributed by atoms with Crippen molar-refractivity contribution in [3.05, 3.63) is 23.8 Å². The van der Waals surface area contributed by atoms with Crippen LogP contribution in [-0.4, -0.2) is 30.1 Å². The van der Waals surface area contributed by atoms with Gasteiger partial charge in [0.25, 0.3) is 0 Å². The zero-order chi connectivity index (χ0) is 19.8. The first kappa shape index (κ1) is 24.6. The summed E-state index contributed by atoms with van der Waals surface area (Å²) in [6.07, 6.45) is 25.4. The molecule has 0 aromatic carbocycles. The maximum Gasteiger partial charge on any atom is 0.508 e. The first-order chi connectivity index (χ1) is 13.2. The second-order valence-electron chi connectivity index (χ2n) is 7.79. The molecule has 1 aliphatic carbocycles. The quantitative estimate of drug-likeness (QED) is 0.181. The number of hydrogen-bond donors (Lipinski definition) is 0. The molecule has 0 saturated heterocycles. The molecule has 0 bridgehead atoms. The lowest BCUT2D eigenvalue weighted by molar-refractivity contribution is 0.114. The van der Waals surface area contributed by atoms with Crippen molar-refractivity contribution in [1.29, 1.82) is 0 Å². The Morgan fingerprint density at radius 1 is 0.778 bits per heavy atom. The van der Waals surface area contributed by atoms with Crippen LogP contribution in [0.3, 0.4) is 0 Å². The molecule has 4 heteroatoms. The molecular formula is C23H44O3Si. The molecule has 0 aliphatic heterocycles. The van der Waals surface area contributed by atoms with Crippen LogP contribution in [0, 0.1) is 0 Å². The fraction of sp³-hybridized carbons (Fsp3) is 0.826. The lowest BCUT2D eigenvalue weighted by Gasteiger charge is -2.33. The van der Waals surface area contributed by atoms with Crippen LogP contribution in [0.2, 0.25) is 5.54 Å². The Labute approximate surface area is 169 Å². The number of unbranched alkanes of at least 4 members (excludes halogenated alkanes) is 11. The third-order valence-corrected chi connectivity index (χ3v) is 9.01. The third kappa shape index (κ3) is 9.08. The van der Waals surface area contributed by atoms with Crippen LogP contribution in [0.25, 0.3) is 0 Å².